The Morgan fingerprint density at radius 3 is 2.58 bits per heavy atom. The van der Waals surface area contributed by atoms with E-state index in [9.17, 15) is 4.79 Å². The Morgan fingerprint density at radius 2 is 2.17 bits per heavy atom. The normalized spacial score (nSPS) is 32.7. The molecule has 1 saturated carbocycles. The third kappa shape index (κ3) is 1.39. The van der Waals surface area contributed by atoms with Crippen LogP contribution in [0.15, 0.2) is 0 Å². The lowest BCUT2D eigenvalue weighted by atomic mass is 10.2. The summed E-state index contributed by atoms with van der Waals surface area (Å²) in [6, 6.07) is 0.486. The van der Waals surface area contributed by atoms with Crippen LogP contribution in [0.1, 0.15) is 26.2 Å². The molecule has 0 spiro atoms. The highest BCUT2D eigenvalue weighted by molar-refractivity contribution is 9.10. The molecule has 68 valence electrons. The second-order valence-electron chi connectivity index (χ2n) is 3.87. The summed E-state index contributed by atoms with van der Waals surface area (Å²) in [7, 11) is 0. The van der Waals surface area contributed by atoms with Crippen molar-refractivity contribution in [3.63, 3.8) is 0 Å². The predicted molar refractivity (Wildman–Crippen MR) is 51.2 cm³/mol. The van der Waals surface area contributed by atoms with Crippen LogP contribution in [0.3, 0.4) is 0 Å². The molecule has 2 atom stereocenters. The van der Waals surface area contributed by atoms with E-state index in [1.54, 1.807) is 0 Å². The Labute approximate surface area is 81.4 Å². The molecular formula is C9H14BrNO. The van der Waals surface area contributed by atoms with Crippen molar-refractivity contribution in [1.29, 1.82) is 0 Å². The minimum absolute atomic E-state index is 0.0960. The van der Waals surface area contributed by atoms with Crippen molar-refractivity contribution in [1.82, 2.24) is 4.90 Å². The van der Waals surface area contributed by atoms with E-state index in [0.29, 0.717) is 11.9 Å². The second-order valence-corrected chi connectivity index (χ2v) is 4.97. The van der Waals surface area contributed by atoms with Gasteiger partial charge in [-0.05, 0) is 32.1 Å². The first-order valence-electron chi connectivity index (χ1n) is 4.64. The standard InChI is InChI=1S/C9H14BrNO/c1-6(7-2-3-7)11-5-4-8(10)9(11)12/h6-8H,2-5H2,1H3. The molecular weight excluding hydrogens is 218 g/mol. The van der Waals surface area contributed by atoms with E-state index in [4.69, 9.17) is 0 Å². The monoisotopic (exact) mass is 231 g/mol. The van der Waals surface area contributed by atoms with Crippen molar-refractivity contribution < 1.29 is 4.79 Å². The number of rotatable bonds is 2. The van der Waals surface area contributed by atoms with Gasteiger partial charge < -0.3 is 4.90 Å². The van der Waals surface area contributed by atoms with Gasteiger partial charge in [0, 0.05) is 12.6 Å². The van der Waals surface area contributed by atoms with Crippen molar-refractivity contribution in [2.75, 3.05) is 6.54 Å². The maximum Gasteiger partial charge on any atom is 0.236 e. The lowest BCUT2D eigenvalue weighted by Crippen LogP contribution is -2.37. The molecule has 1 aliphatic carbocycles. The Kier molecular flexibility index (Phi) is 2.15. The van der Waals surface area contributed by atoms with Gasteiger partial charge in [-0.3, -0.25) is 4.79 Å². The van der Waals surface area contributed by atoms with Crippen LogP contribution < -0.4 is 0 Å². The smallest absolute Gasteiger partial charge is 0.236 e. The summed E-state index contributed by atoms with van der Waals surface area (Å²) < 4.78 is 0. The van der Waals surface area contributed by atoms with Gasteiger partial charge in [0.2, 0.25) is 5.91 Å². The predicted octanol–water partition coefficient (Wildman–Crippen LogP) is 1.78. The molecule has 0 aromatic heterocycles. The minimum atomic E-state index is 0.0960. The SMILES string of the molecule is CC(C1CC1)N1CCC(Br)C1=O. The van der Waals surface area contributed by atoms with Crippen molar-refractivity contribution in [3.8, 4) is 0 Å². The summed E-state index contributed by atoms with van der Waals surface area (Å²) in [6.07, 6.45) is 3.62. The van der Waals surface area contributed by atoms with Gasteiger partial charge in [-0.2, -0.15) is 0 Å². The van der Waals surface area contributed by atoms with Crippen LogP contribution in [0.5, 0.6) is 0 Å². The van der Waals surface area contributed by atoms with Gasteiger partial charge in [-0.15, -0.1) is 0 Å². The maximum absolute atomic E-state index is 11.6. The molecule has 12 heavy (non-hydrogen) atoms. The fourth-order valence-electron chi connectivity index (χ4n) is 1.90. The van der Waals surface area contributed by atoms with Gasteiger partial charge in [-0.25, -0.2) is 0 Å². The zero-order valence-corrected chi connectivity index (χ0v) is 8.88. The third-order valence-electron chi connectivity index (χ3n) is 2.97. The molecule has 1 aliphatic heterocycles. The van der Waals surface area contributed by atoms with Gasteiger partial charge in [0.05, 0.1) is 4.83 Å². The number of nitrogens with zero attached hydrogens (tertiary/aromatic N) is 1. The van der Waals surface area contributed by atoms with Gasteiger partial charge in [0.15, 0.2) is 0 Å². The number of hydrogen-bond donors (Lipinski definition) is 0. The summed E-state index contributed by atoms with van der Waals surface area (Å²) in [6.45, 7) is 3.13. The molecule has 0 radical (unpaired) electrons. The second kappa shape index (κ2) is 3.02. The van der Waals surface area contributed by atoms with Crippen molar-refractivity contribution >= 4 is 21.8 Å². The highest BCUT2D eigenvalue weighted by Crippen LogP contribution is 2.37. The number of hydrogen-bond acceptors (Lipinski definition) is 1. The van der Waals surface area contributed by atoms with Crippen LogP contribution in [0.25, 0.3) is 0 Å². The van der Waals surface area contributed by atoms with Gasteiger partial charge in [-0.1, -0.05) is 15.9 Å². The summed E-state index contributed by atoms with van der Waals surface area (Å²) >= 11 is 3.39. The van der Waals surface area contributed by atoms with Crippen molar-refractivity contribution in [2.45, 2.75) is 37.1 Å². The summed E-state index contributed by atoms with van der Waals surface area (Å²) in [5.41, 5.74) is 0. The summed E-state index contributed by atoms with van der Waals surface area (Å²) in [5.74, 6) is 1.10. The molecule has 0 N–H and O–H groups in total. The van der Waals surface area contributed by atoms with E-state index in [2.05, 4.69) is 22.9 Å². The highest BCUT2D eigenvalue weighted by atomic mass is 79.9. The Balaban J connectivity index is 1.99. The van der Waals surface area contributed by atoms with Crippen LogP contribution in [0.2, 0.25) is 0 Å². The molecule has 0 aromatic carbocycles. The van der Waals surface area contributed by atoms with Crippen LogP contribution in [0.4, 0.5) is 0 Å². The number of carbonyl (C=O) groups is 1. The number of alkyl halides is 1. The molecule has 2 aliphatic rings. The van der Waals surface area contributed by atoms with E-state index in [1.807, 2.05) is 4.90 Å². The van der Waals surface area contributed by atoms with Crippen molar-refractivity contribution in [2.24, 2.45) is 5.92 Å². The molecule has 2 rings (SSSR count). The van der Waals surface area contributed by atoms with Crippen LogP contribution in [-0.2, 0) is 4.79 Å². The number of likely N-dealkylation sites (tertiary alicyclic amines) is 1. The lowest BCUT2D eigenvalue weighted by molar-refractivity contribution is -0.129. The van der Waals surface area contributed by atoms with Crippen molar-refractivity contribution in [3.05, 3.63) is 0 Å². The fourth-order valence-corrected chi connectivity index (χ4v) is 2.37. The van der Waals surface area contributed by atoms with E-state index in [1.165, 1.54) is 12.8 Å². The topological polar surface area (TPSA) is 20.3 Å². The molecule has 2 fully saturated rings. The van der Waals surface area contributed by atoms with Crippen LogP contribution in [0, 0.1) is 5.92 Å². The highest BCUT2D eigenvalue weighted by Gasteiger charge is 2.39. The molecule has 0 aromatic rings. The van der Waals surface area contributed by atoms with Gasteiger partial charge in [0.25, 0.3) is 0 Å². The average Bonchev–Trinajstić information content (AvgIpc) is 2.82. The average molecular weight is 232 g/mol. The zero-order valence-electron chi connectivity index (χ0n) is 7.29. The summed E-state index contributed by atoms with van der Waals surface area (Å²) in [5, 5.41) is 0. The molecule has 3 heteroatoms. The third-order valence-corrected chi connectivity index (χ3v) is 3.82. The van der Waals surface area contributed by atoms with E-state index < -0.39 is 0 Å². The van der Waals surface area contributed by atoms with Crippen LogP contribution >= 0.6 is 15.9 Å². The number of carbonyl (C=O) groups excluding carboxylic acids is 1. The molecule has 1 saturated heterocycles. The molecule has 2 nitrogen and oxygen atoms in total. The largest absolute Gasteiger partial charge is 0.339 e. The minimum Gasteiger partial charge on any atom is -0.339 e. The Bertz CT molecular complexity index is 203. The lowest BCUT2D eigenvalue weighted by Gasteiger charge is -2.24. The van der Waals surface area contributed by atoms with E-state index in [-0.39, 0.29) is 4.83 Å². The Hall–Kier alpha value is -0.0500. The fraction of sp³-hybridized carbons (Fsp3) is 0.889. The van der Waals surface area contributed by atoms with Gasteiger partial charge >= 0.3 is 0 Å². The van der Waals surface area contributed by atoms with E-state index in [0.717, 1.165) is 18.9 Å². The summed E-state index contributed by atoms with van der Waals surface area (Å²) in [4.78, 5) is 13.7. The quantitative estimate of drug-likeness (QED) is 0.664. The first-order chi connectivity index (χ1) is 5.70. The maximum atomic E-state index is 11.6. The van der Waals surface area contributed by atoms with Crippen LogP contribution in [-0.4, -0.2) is 28.2 Å². The van der Waals surface area contributed by atoms with E-state index >= 15 is 0 Å². The molecule has 1 heterocycles. The van der Waals surface area contributed by atoms with Gasteiger partial charge in [0.1, 0.15) is 0 Å². The number of amides is 1. The molecule has 1 amide bonds. The first kappa shape index (κ1) is 8.54. The molecule has 0 bridgehead atoms. The Morgan fingerprint density at radius 1 is 1.50 bits per heavy atom. The first-order valence-corrected chi connectivity index (χ1v) is 5.56. The molecule has 2 unspecified atom stereocenters. The number of halogens is 1. The zero-order chi connectivity index (χ0) is 8.72.